The van der Waals surface area contributed by atoms with E-state index in [0.29, 0.717) is 13.2 Å². The molecule has 33 heavy (non-hydrogen) atoms. The summed E-state index contributed by atoms with van der Waals surface area (Å²) in [6.07, 6.45) is 5.58. The topological polar surface area (TPSA) is 89.7 Å². The van der Waals surface area contributed by atoms with Gasteiger partial charge in [-0.15, -0.1) is 0 Å². The lowest BCUT2D eigenvalue weighted by Gasteiger charge is -2.29. The van der Waals surface area contributed by atoms with Gasteiger partial charge in [0.15, 0.2) is 11.5 Å². The van der Waals surface area contributed by atoms with Crippen LogP contribution in [0.1, 0.15) is 5.56 Å². The van der Waals surface area contributed by atoms with Crippen molar-refractivity contribution in [2.75, 3.05) is 31.2 Å². The number of morpholine rings is 1. The summed E-state index contributed by atoms with van der Waals surface area (Å²) >= 11 is 0. The Morgan fingerprint density at radius 1 is 1.03 bits per heavy atom. The lowest BCUT2D eigenvalue weighted by Crippen LogP contribution is -2.36. The van der Waals surface area contributed by atoms with Gasteiger partial charge in [0, 0.05) is 44.2 Å². The summed E-state index contributed by atoms with van der Waals surface area (Å²) in [4.78, 5) is 12.2. The number of rotatable bonds is 4. The molecule has 0 aliphatic carbocycles. The number of nitrogens with zero attached hydrogens (tertiary/aromatic N) is 7. The van der Waals surface area contributed by atoms with Gasteiger partial charge in [0.05, 0.1) is 36.4 Å². The highest BCUT2D eigenvalue weighted by Gasteiger charge is 2.22. The number of pyridine rings is 1. The highest BCUT2D eigenvalue weighted by molar-refractivity contribution is 5.90. The number of ether oxygens (including phenoxy) is 1. The third-order valence-electron chi connectivity index (χ3n) is 6.04. The van der Waals surface area contributed by atoms with Crippen LogP contribution in [-0.4, -0.2) is 60.8 Å². The van der Waals surface area contributed by atoms with Gasteiger partial charge in [0.1, 0.15) is 11.3 Å². The zero-order chi connectivity index (χ0) is 22.4. The molecule has 9 nitrogen and oxygen atoms in total. The molecule has 5 heterocycles. The molecular weight excluding hydrogens is 416 g/mol. The van der Waals surface area contributed by atoms with Crippen molar-refractivity contribution in [3.8, 4) is 28.5 Å². The minimum atomic E-state index is 0.694. The van der Waals surface area contributed by atoms with Crippen LogP contribution in [0.4, 0.5) is 5.69 Å². The number of hydrogen-bond acceptors (Lipinski definition) is 6. The summed E-state index contributed by atoms with van der Waals surface area (Å²) in [5.74, 6) is 1.57. The molecule has 1 fully saturated rings. The van der Waals surface area contributed by atoms with E-state index < -0.39 is 0 Å². The molecule has 6 rings (SSSR count). The fourth-order valence-electron chi connectivity index (χ4n) is 4.33. The van der Waals surface area contributed by atoms with Crippen molar-refractivity contribution < 1.29 is 4.74 Å². The average Bonchev–Trinajstić information content (AvgIpc) is 3.60. The highest BCUT2D eigenvalue weighted by Crippen LogP contribution is 2.32. The maximum absolute atomic E-state index is 5.59. The van der Waals surface area contributed by atoms with Crippen LogP contribution in [0.2, 0.25) is 0 Å². The second-order valence-electron chi connectivity index (χ2n) is 8.27. The number of benzene rings is 1. The fraction of sp³-hybridized carbons (Fsp3) is 0.250. The Balaban J connectivity index is 1.50. The maximum atomic E-state index is 5.59. The van der Waals surface area contributed by atoms with Crippen LogP contribution in [-0.2, 0) is 11.8 Å². The molecule has 1 aliphatic heterocycles. The Morgan fingerprint density at radius 3 is 2.70 bits per heavy atom. The van der Waals surface area contributed by atoms with E-state index in [1.807, 2.05) is 34.8 Å². The Labute approximate surface area is 190 Å². The summed E-state index contributed by atoms with van der Waals surface area (Å²) in [7, 11) is 1.98. The van der Waals surface area contributed by atoms with Crippen LogP contribution in [0.25, 0.3) is 39.6 Å². The third kappa shape index (κ3) is 3.46. The van der Waals surface area contributed by atoms with E-state index in [2.05, 4.69) is 52.4 Å². The zero-order valence-corrected chi connectivity index (χ0v) is 18.6. The number of aryl methyl sites for hydroxylation is 2. The summed E-state index contributed by atoms with van der Waals surface area (Å²) in [5.41, 5.74) is 6.84. The molecule has 0 radical (unpaired) electrons. The van der Waals surface area contributed by atoms with Crippen LogP contribution < -0.4 is 4.90 Å². The average molecular weight is 441 g/mol. The largest absolute Gasteiger partial charge is 0.378 e. The zero-order valence-electron chi connectivity index (χ0n) is 18.6. The van der Waals surface area contributed by atoms with Gasteiger partial charge >= 0.3 is 0 Å². The Bertz CT molecular complexity index is 1430. The number of nitrogens with one attached hydrogen (secondary N) is 1. The third-order valence-corrected chi connectivity index (χ3v) is 6.04. The minimum absolute atomic E-state index is 0.694. The molecule has 5 aromatic rings. The molecular formula is C24H24N8O. The van der Waals surface area contributed by atoms with Crippen molar-refractivity contribution in [2.45, 2.75) is 6.92 Å². The van der Waals surface area contributed by atoms with E-state index in [0.717, 1.165) is 58.4 Å². The van der Waals surface area contributed by atoms with Gasteiger partial charge in [0.25, 0.3) is 0 Å². The van der Waals surface area contributed by atoms with E-state index >= 15 is 0 Å². The second kappa shape index (κ2) is 7.86. The van der Waals surface area contributed by atoms with Crippen LogP contribution in [0.5, 0.6) is 0 Å². The number of anilines is 1. The SMILES string of the molecule is Cc1cccc(-c2ccn(-c3cc(N4CCOCC4)c4nc(-c5cn[nH]c5)n(C)c4n3)n2)c1. The van der Waals surface area contributed by atoms with Crippen LogP contribution in [0.15, 0.2) is 55.0 Å². The van der Waals surface area contributed by atoms with E-state index in [4.69, 9.17) is 19.8 Å². The highest BCUT2D eigenvalue weighted by atomic mass is 16.5. The summed E-state index contributed by atoms with van der Waals surface area (Å²) < 4.78 is 9.44. The molecule has 0 saturated carbocycles. The number of aromatic nitrogens is 7. The molecule has 0 atom stereocenters. The van der Waals surface area contributed by atoms with Gasteiger partial charge in [-0.05, 0) is 19.1 Å². The molecule has 1 saturated heterocycles. The van der Waals surface area contributed by atoms with Crippen LogP contribution in [0, 0.1) is 6.92 Å². The van der Waals surface area contributed by atoms with E-state index in [1.165, 1.54) is 5.56 Å². The maximum Gasteiger partial charge on any atom is 0.164 e. The van der Waals surface area contributed by atoms with Crippen molar-refractivity contribution in [3.05, 3.63) is 60.6 Å². The van der Waals surface area contributed by atoms with Gasteiger partial charge in [-0.25, -0.2) is 14.6 Å². The normalized spacial score (nSPS) is 14.3. The monoisotopic (exact) mass is 440 g/mol. The first kappa shape index (κ1) is 19.7. The molecule has 166 valence electrons. The van der Waals surface area contributed by atoms with Gasteiger partial charge in [-0.1, -0.05) is 23.8 Å². The van der Waals surface area contributed by atoms with Crippen molar-refractivity contribution in [2.24, 2.45) is 7.05 Å². The van der Waals surface area contributed by atoms with Crippen LogP contribution >= 0.6 is 0 Å². The Morgan fingerprint density at radius 2 is 1.91 bits per heavy atom. The number of imidazole rings is 1. The van der Waals surface area contributed by atoms with Crippen molar-refractivity contribution in [1.29, 1.82) is 0 Å². The molecule has 9 heteroatoms. The number of aromatic amines is 1. The standard InChI is InChI=1S/C24H24N8O/c1-16-4-3-5-17(12-16)19-6-7-32(29-19)21-13-20(31-8-10-33-11-9-31)22-24(27-21)30(2)23(28-22)18-14-25-26-15-18/h3-7,12-15H,8-11H2,1-2H3,(H,25,26). The molecule has 0 bridgehead atoms. The lowest BCUT2D eigenvalue weighted by atomic mass is 10.1. The van der Waals surface area contributed by atoms with Crippen molar-refractivity contribution in [1.82, 2.24) is 34.5 Å². The van der Waals surface area contributed by atoms with Gasteiger partial charge in [0.2, 0.25) is 0 Å². The molecule has 4 aromatic heterocycles. The van der Waals surface area contributed by atoms with Gasteiger partial charge in [-0.2, -0.15) is 10.2 Å². The smallest absolute Gasteiger partial charge is 0.164 e. The Hall–Kier alpha value is -3.98. The molecule has 0 unspecified atom stereocenters. The van der Waals surface area contributed by atoms with Crippen molar-refractivity contribution in [3.63, 3.8) is 0 Å². The predicted octanol–water partition coefficient (Wildman–Crippen LogP) is 3.36. The summed E-state index contributed by atoms with van der Waals surface area (Å²) in [6, 6.07) is 12.5. The van der Waals surface area contributed by atoms with Crippen LogP contribution in [0.3, 0.4) is 0 Å². The summed E-state index contributed by atoms with van der Waals surface area (Å²) in [6.45, 7) is 5.10. The lowest BCUT2D eigenvalue weighted by molar-refractivity contribution is 0.123. The minimum Gasteiger partial charge on any atom is -0.378 e. The molecule has 1 aliphatic rings. The van der Waals surface area contributed by atoms with Gasteiger partial charge < -0.3 is 14.2 Å². The number of fused-ring (bicyclic) bond motifs is 1. The number of hydrogen-bond donors (Lipinski definition) is 1. The molecule has 1 N–H and O–H groups in total. The Kier molecular flexibility index (Phi) is 4.69. The quantitative estimate of drug-likeness (QED) is 0.461. The fourth-order valence-corrected chi connectivity index (χ4v) is 4.33. The van der Waals surface area contributed by atoms with Gasteiger partial charge in [-0.3, -0.25) is 5.10 Å². The van der Waals surface area contributed by atoms with E-state index in [1.54, 1.807) is 6.20 Å². The molecule has 0 amide bonds. The van der Waals surface area contributed by atoms with E-state index in [-0.39, 0.29) is 0 Å². The second-order valence-corrected chi connectivity index (χ2v) is 8.27. The first-order chi connectivity index (χ1) is 16.2. The first-order valence-electron chi connectivity index (χ1n) is 11.0. The first-order valence-corrected chi connectivity index (χ1v) is 11.0. The number of H-pyrrole nitrogens is 1. The van der Waals surface area contributed by atoms with E-state index in [9.17, 15) is 0 Å². The van der Waals surface area contributed by atoms with Crippen molar-refractivity contribution >= 4 is 16.9 Å². The molecule has 1 aromatic carbocycles. The predicted molar refractivity (Wildman–Crippen MR) is 126 cm³/mol. The molecule has 0 spiro atoms. The summed E-state index contributed by atoms with van der Waals surface area (Å²) in [5, 5.41) is 11.8.